The number of nitrogens with one attached hydrogen (secondary N) is 1. The Labute approximate surface area is 120 Å². The van der Waals surface area contributed by atoms with Crippen LogP contribution in [-0.2, 0) is 16.3 Å². The van der Waals surface area contributed by atoms with Gasteiger partial charge in [0.15, 0.2) is 9.84 Å². The number of benzene rings is 1. The molecule has 20 heavy (non-hydrogen) atoms. The van der Waals surface area contributed by atoms with Crippen LogP contribution < -0.4 is 10.1 Å². The lowest BCUT2D eigenvalue weighted by Gasteiger charge is -2.25. The van der Waals surface area contributed by atoms with Crippen molar-refractivity contribution in [2.75, 3.05) is 30.0 Å². The molecule has 1 N–H and O–H groups in total. The van der Waals surface area contributed by atoms with Gasteiger partial charge in [-0.15, -0.1) is 0 Å². The van der Waals surface area contributed by atoms with Gasteiger partial charge in [0, 0.05) is 12.5 Å². The van der Waals surface area contributed by atoms with Gasteiger partial charge in [0.25, 0.3) is 0 Å². The van der Waals surface area contributed by atoms with E-state index in [0.29, 0.717) is 12.4 Å². The lowest BCUT2D eigenvalue weighted by atomic mass is 10.0. The van der Waals surface area contributed by atoms with E-state index >= 15 is 0 Å². The normalized spacial score (nSPS) is 24.5. The lowest BCUT2D eigenvalue weighted by Crippen LogP contribution is -2.29. The van der Waals surface area contributed by atoms with Crippen molar-refractivity contribution in [1.29, 1.82) is 0 Å². The third kappa shape index (κ3) is 3.08. The lowest BCUT2D eigenvalue weighted by molar-refractivity contribution is 0.250. The van der Waals surface area contributed by atoms with Crippen molar-refractivity contribution in [3.8, 4) is 5.75 Å². The van der Waals surface area contributed by atoms with Crippen LogP contribution in [-0.4, -0.2) is 33.1 Å². The SMILES string of the molecule is O=S1(=O)CCCC(COc2cccc3c2NCCC3)C1. The van der Waals surface area contributed by atoms with E-state index in [0.717, 1.165) is 43.7 Å². The average Bonchev–Trinajstić information content (AvgIpc) is 2.44. The molecule has 2 heterocycles. The topological polar surface area (TPSA) is 55.4 Å². The summed E-state index contributed by atoms with van der Waals surface area (Å²) in [4.78, 5) is 0. The van der Waals surface area contributed by atoms with Crippen molar-refractivity contribution in [3.05, 3.63) is 23.8 Å². The fourth-order valence-electron chi connectivity index (χ4n) is 3.05. The highest BCUT2D eigenvalue weighted by molar-refractivity contribution is 7.91. The van der Waals surface area contributed by atoms with E-state index in [1.807, 2.05) is 12.1 Å². The molecule has 1 aromatic rings. The fraction of sp³-hybridized carbons (Fsp3) is 0.600. The van der Waals surface area contributed by atoms with Crippen molar-refractivity contribution < 1.29 is 13.2 Å². The molecule has 5 heteroatoms. The summed E-state index contributed by atoms with van der Waals surface area (Å²) >= 11 is 0. The van der Waals surface area contributed by atoms with Crippen molar-refractivity contribution >= 4 is 15.5 Å². The van der Waals surface area contributed by atoms with E-state index in [9.17, 15) is 8.42 Å². The smallest absolute Gasteiger partial charge is 0.150 e. The van der Waals surface area contributed by atoms with Crippen molar-refractivity contribution in [2.45, 2.75) is 25.7 Å². The van der Waals surface area contributed by atoms with Gasteiger partial charge in [0.2, 0.25) is 0 Å². The summed E-state index contributed by atoms with van der Waals surface area (Å²) in [5.41, 5.74) is 2.39. The highest BCUT2D eigenvalue weighted by Crippen LogP contribution is 2.32. The molecule has 0 amide bonds. The summed E-state index contributed by atoms with van der Waals surface area (Å²) in [6.45, 7) is 1.47. The van der Waals surface area contributed by atoms with Gasteiger partial charge >= 0.3 is 0 Å². The fourth-order valence-corrected chi connectivity index (χ4v) is 4.81. The minimum absolute atomic E-state index is 0.133. The van der Waals surface area contributed by atoms with Crippen LogP contribution in [0.5, 0.6) is 5.75 Å². The Bertz CT molecular complexity index is 583. The molecule has 0 saturated carbocycles. The standard InChI is InChI=1S/C15H21NO3S/c17-20(18)9-3-4-12(11-20)10-19-14-7-1-5-13-6-2-8-16-15(13)14/h1,5,7,12,16H,2-4,6,8-11H2. The molecular weight excluding hydrogens is 274 g/mol. The molecule has 2 aliphatic rings. The molecule has 1 atom stereocenters. The second kappa shape index (κ2) is 5.64. The molecule has 110 valence electrons. The number of para-hydroxylation sites is 1. The molecule has 1 aromatic carbocycles. The molecule has 0 radical (unpaired) electrons. The summed E-state index contributed by atoms with van der Waals surface area (Å²) in [6.07, 6.45) is 3.94. The summed E-state index contributed by atoms with van der Waals surface area (Å²) < 4.78 is 29.2. The predicted octanol–water partition coefficient (Wildman–Crippen LogP) is 2.25. The summed E-state index contributed by atoms with van der Waals surface area (Å²) in [6, 6.07) is 6.10. The van der Waals surface area contributed by atoms with Crippen LogP contribution >= 0.6 is 0 Å². The zero-order valence-corrected chi connectivity index (χ0v) is 12.4. The molecule has 0 bridgehead atoms. The molecule has 1 unspecified atom stereocenters. The molecule has 0 aromatic heterocycles. The number of hydrogen-bond donors (Lipinski definition) is 1. The van der Waals surface area contributed by atoms with Crippen LogP contribution in [0.2, 0.25) is 0 Å². The van der Waals surface area contributed by atoms with Crippen LogP contribution in [0.25, 0.3) is 0 Å². The number of aryl methyl sites for hydroxylation is 1. The number of sulfone groups is 1. The molecule has 1 saturated heterocycles. The van der Waals surface area contributed by atoms with Gasteiger partial charge in [-0.2, -0.15) is 0 Å². The van der Waals surface area contributed by atoms with E-state index in [1.54, 1.807) is 0 Å². The molecule has 2 aliphatic heterocycles. The number of ether oxygens (including phenoxy) is 1. The second-order valence-electron chi connectivity index (χ2n) is 5.75. The van der Waals surface area contributed by atoms with Gasteiger partial charge in [-0.3, -0.25) is 0 Å². The Morgan fingerprint density at radius 3 is 3.05 bits per heavy atom. The van der Waals surface area contributed by atoms with Crippen LogP contribution in [0.15, 0.2) is 18.2 Å². The quantitative estimate of drug-likeness (QED) is 0.929. The zero-order valence-electron chi connectivity index (χ0n) is 11.6. The largest absolute Gasteiger partial charge is 0.491 e. The van der Waals surface area contributed by atoms with Crippen molar-refractivity contribution in [2.24, 2.45) is 5.92 Å². The third-order valence-corrected chi connectivity index (χ3v) is 5.96. The number of fused-ring (bicyclic) bond motifs is 1. The Hall–Kier alpha value is -1.23. The maximum Gasteiger partial charge on any atom is 0.150 e. The first-order valence-corrected chi connectivity index (χ1v) is 9.15. The first kappa shape index (κ1) is 13.7. The van der Waals surface area contributed by atoms with Gasteiger partial charge in [0.05, 0.1) is 23.8 Å². The zero-order chi connectivity index (χ0) is 14.0. The first-order chi connectivity index (χ1) is 9.64. The van der Waals surface area contributed by atoms with Crippen LogP contribution in [0.4, 0.5) is 5.69 Å². The van der Waals surface area contributed by atoms with Crippen molar-refractivity contribution in [3.63, 3.8) is 0 Å². The van der Waals surface area contributed by atoms with Gasteiger partial charge < -0.3 is 10.1 Å². The highest BCUT2D eigenvalue weighted by Gasteiger charge is 2.25. The van der Waals surface area contributed by atoms with E-state index in [2.05, 4.69) is 11.4 Å². The predicted molar refractivity (Wildman–Crippen MR) is 80.1 cm³/mol. The molecular formula is C15H21NO3S. The minimum Gasteiger partial charge on any atom is -0.491 e. The number of anilines is 1. The Balaban J connectivity index is 1.67. The molecule has 3 rings (SSSR count). The monoisotopic (exact) mass is 295 g/mol. The maximum atomic E-state index is 11.6. The van der Waals surface area contributed by atoms with Gasteiger partial charge in [-0.05, 0) is 37.3 Å². The van der Waals surface area contributed by atoms with Crippen LogP contribution in [0, 0.1) is 5.92 Å². The van der Waals surface area contributed by atoms with Crippen LogP contribution in [0.1, 0.15) is 24.8 Å². The average molecular weight is 295 g/mol. The highest BCUT2D eigenvalue weighted by atomic mass is 32.2. The molecule has 1 fully saturated rings. The van der Waals surface area contributed by atoms with E-state index < -0.39 is 9.84 Å². The van der Waals surface area contributed by atoms with Crippen molar-refractivity contribution in [1.82, 2.24) is 0 Å². The van der Waals surface area contributed by atoms with E-state index in [4.69, 9.17) is 4.74 Å². The third-order valence-electron chi connectivity index (χ3n) is 4.07. The minimum atomic E-state index is -2.85. The van der Waals surface area contributed by atoms with E-state index in [1.165, 1.54) is 5.56 Å². The summed E-state index contributed by atoms with van der Waals surface area (Å²) in [5.74, 6) is 1.61. The summed E-state index contributed by atoms with van der Waals surface area (Å²) in [5, 5.41) is 3.39. The Morgan fingerprint density at radius 2 is 2.20 bits per heavy atom. The molecule has 0 aliphatic carbocycles. The molecule has 4 nitrogen and oxygen atoms in total. The van der Waals surface area contributed by atoms with Gasteiger partial charge in [-0.1, -0.05) is 12.1 Å². The number of hydrogen-bond acceptors (Lipinski definition) is 4. The van der Waals surface area contributed by atoms with Gasteiger partial charge in [0.1, 0.15) is 5.75 Å². The van der Waals surface area contributed by atoms with E-state index in [-0.39, 0.29) is 11.7 Å². The Morgan fingerprint density at radius 1 is 1.30 bits per heavy atom. The first-order valence-electron chi connectivity index (χ1n) is 7.33. The maximum absolute atomic E-state index is 11.6. The Kier molecular flexibility index (Phi) is 3.87. The van der Waals surface area contributed by atoms with Gasteiger partial charge in [-0.25, -0.2) is 8.42 Å². The number of rotatable bonds is 3. The summed E-state index contributed by atoms with van der Waals surface area (Å²) in [7, 11) is -2.85. The molecule has 0 spiro atoms. The van der Waals surface area contributed by atoms with Crippen LogP contribution in [0.3, 0.4) is 0 Å². The second-order valence-corrected chi connectivity index (χ2v) is 7.98.